The summed E-state index contributed by atoms with van der Waals surface area (Å²) >= 11 is 13.8. The van der Waals surface area contributed by atoms with Gasteiger partial charge in [0.25, 0.3) is 0 Å². The molecule has 1 aliphatic heterocycles. The van der Waals surface area contributed by atoms with Crippen LogP contribution in [0.5, 0.6) is 0 Å². The van der Waals surface area contributed by atoms with Gasteiger partial charge in [-0.3, -0.25) is 0 Å². The first-order valence-corrected chi connectivity index (χ1v) is 7.38. The van der Waals surface area contributed by atoms with Gasteiger partial charge in [-0.05, 0) is 25.1 Å². The van der Waals surface area contributed by atoms with E-state index in [1.54, 1.807) is 17.4 Å². The molecule has 1 atom stereocenters. The number of nitrogens with zero attached hydrogens (tertiary/aromatic N) is 1. The van der Waals surface area contributed by atoms with E-state index in [4.69, 9.17) is 28.2 Å². The van der Waals surface area contributed by atoms with E-state index in [-0.39, 0.29) is 0 Å². The summed E-state index contributed by atoms with van der Waals surface area (Å²) in [5.41, 5.74) is 2.17. The van der Waals surface area contributed by atoms with Crippen molar-refractivity contribution in [3.63, 3.8) is 0 Å². The molecule has 1 unspecified atom stereocenters. The van der Waals surface area contributed by atoms with E-state index in [1.165, 1.54) is 10.6 Å². The monoisotopic (exact) mass is 298 g/mol. The van der Waals surface area contributed by atoms with Crippen molar-refractivity contribution in [1.29, 1.82) is 0 Å². The zero-order valence-corrected chi connectivity index (χ0v) is 12.2. The van der Waals surface area contributed by atoms with E-state index < -0.39 is 0 Å². The second-order valence-corrected chi connectivity index (χ2v) is 6.43. The molecule has 1 N–H and O–H groups in total. The van der Waals surface area contributed by atoms with Crippen LogP contribution in [-0.2, 0) is 13.0 Å². The summed E-state index contributed by atoms with van der Waals surface area (Å²) in [5, 5.41) is 5.74. The van der Waals surface area contributed by atoms with Crippen LogP contribution in [0.3, 0.4) is 0 Å². The predicted octanol–water partition coefficient (Wildman–Crippen LogP) is 4.15. The van der Waals surface area contributed by atoms with E-state index in [9.17, 15) is 0 Å². The number of fused-ring (bicyclic) bond motifs is 1. The highest BCUT2D eigenvalue weighted by Crippen LogP contribution is 2.35. The maximum absolute atomic E-state index is 6.22. The number of hydrogen-bond donors (Lipinski definition) is 1. The topological polar surface area (TPSA) is 24.9 Å². The molecule has 3 rings (SSSR count). The van der Waals surface area contributed by atoms with Crippen LogP contribution in [0.4, 0.5) is 0 Å². The maximum Gasteiger partial charge on any atom is 0.125 e. The van der Waals surface area contributed by atoms with Crippen LogP contribution >= 0.6 is 34.5 Å². The van der Waals surface area contributed by atoms with Crippen LogP contribution in [-0.4, -0.2) is 11.0 Å². The van der Waals surface area contributed by atoms with E-state index in [0.717, 1.165) is 23.5 Å². The molecule has 94 valence electrons. The molecule has 2 aromatic rings. The van der Waals surface area contributed by atoms with Gasteiger partial charge in [0.1, 0.15) is 5.01 Å². The third-order valence-electron chi connectivity index (χ3n) is 3.05. The number of benzene rings is 1. The normalized spacial score (nSPS) is 18.7. The first-order chi connectivity index (χ1) is 8.63. The zero-order chi connectivity index (χ0) is 12.7. The lowest BCUT2D eigenvalue weighted by Gasteiger charge is -2.18. The van der Waals surface area contributed by atoms with Crippen LogP contribution in [0.15, 0.2) is 18.2 Å². The first kappa shape index (κ1) is 12.4. The van der Waals surface area contributed by atoms with Gasteiger partial charge in [0.15, 0.2) is 0 Å². The summed E-state index contributed by atoms with van der Waals surface area (Å²) in [6, 6.07) is 6.04. The molecule has 5 heteroatoms. The molecular formula is C13H12Cl2N2S. The first-order valence-electron chi connectivity index (χ1n) is 5.81. The van der Waals surface area contributed by atoms with E-state index in [1.807, 2.05) is 12.1 Å². The quantitative estimate of drug-likeness (QED) is 0.855. The molecule has 0 saturated heterocycles. The lowest BCUT2D eigenvalue weighted by Crippen LogP contribution is -2.32. The molecule has 0 spiro atoms. The maximum atomic E-state index is 6.22. The molecule has 1 aromatic heterocycles. The third-order valence-corrected chi connectivity index (χ3v) is 4.73. The van der Waals surface area contributed by atoms with Crippen molar-refractivity contribution < 1.29 is 0 Å². The summed E-state index contributed by atoms with van der Waals surface area (Å²) in [5.74, 6) is 0. The van der Waals surface area contributed by atoms with Gasteiger partial charge in [0.05, 0.1) is 10.7 Å². The fourth-order valence-electron chi connectivity index (χ4n) is 2.09. The highest BCUT2D eigenvalue weighted by molar-refractivity contribution is 7.15. The largest absolute Gasteiger partial charge is 0.309 e. The molecule has 2 heterocycles. The standard InChI is InChI=1S/C13H12Cl2N2S/c1-7-4-11-12(6-16-7)18-13(17-11)9-3-2-8(14)5-10(9)15/h2-3,5,7,16H,4,6H2,1H3. The molecule has 0 amide bonds. The molecule has 1 aliphatic rings. The highest BCUT2D eigenvalue weighted by Gasteiger charge is 2.20. The minimum absolute atomic E-state index is 0.494. The van der Waals surface area contributed by atoms with Gasteiger partial charge in [-0.2, -0.15) is 0 Å². The Morgan fingerprint density at radius 3 is 3.00 bits per heavy atom. The smallest absolute Gasteiger partial charge is 0.125 e. The summed E-state index contributed by atoms with van der Waals surface area (Å²) < 4.78 is 0. The zero-order valence-electron chi connectivity index (χ0n) is 9.84. The molecular weight excluding hydrogens is 287 g/mol. The van der Waals surface area contributed by atoms with Crippen molar-refractivity contribution in [2.24, 2.45) is 0 Å². The Labute approximate surface area is 120 Å². The Balaban J connectivity index is 2.02. The van der Waals surface area contributed by atoms with Gasteiger partial charge in [-0.15, -0.1) is 11.3 Å². The molecule has 18 heavy (non-hydrogen) atoms. The van der Waals surface area contributed by atoms with Crippen LogP contribution in [0.25, 0.3) is 10.6 Å². The number of halogens is 2. The Morgan fingerprint density at radius 2 is 2.22 bits per heavy atom. The van der Waals surface area contributed by atoms with Crippen LogP contribution in [0.2, 0.25) is 10.0 Å². The SMILES string of the molecule is CC1Cc2nc(-c3ccc(Cl)cc3Cl)sc2CN1. The van der Waals surface area contributed by atoms with Gasteiger partial charge < -0.3 is 5.32 Å². The molecule has 0 bridgehead atoms. The van der Waals surface area contributed by atoms with Crippen molar-refractivity contribution in [2.75, 3.05) is 0 Å². The fourth-order valence-corrected chi connectivity index (χ4v) is 3.72. The number of thiazole rings is 1. The summed E-state index contributed by atoms with van der Waals surface area (Å²) in [6.45, 7) is 3.08. The number of aromatic nitrogens is 1. The molecule has 0 saturated carbocycles. The number of nitrogens with one attached hydrogen (secondary N) is 1. The molecule has 0 fully saturated rings. The average molecular weight is 299 g/mol. The lowest BCUT2D eigenvalue weighted by atomic mass is 10.1. The minimum Gasteiger partial charge on any atom is -0.309 e. The predicted molar refractivity (Wildman–Crippen MR) is 77.6 cm³/mol. The van der Waals surface area contributed by atoms with Crippen LogP contribution in [0.1, 0.15) is 17.5 Å². The van der Waals surface area contributed by atoms with E-state index in [2.05, 4.69) is 12.2 Å². The van der Waals surface area contributed by atoms with E-state index in [0.29, 0.717) is 16.1 Å². The fraction of sp³-hybridized carbons (Fsp3) is 0.308. The average Bonchev–Trinajstić information content (AvgIpc) is 2.71. The van der Waals surface area contributed by atoms with Crippen molar-refractivity contribution in [3.8, 4) is 10.6 Å². The van der Waals surface area contributed by atoms with Gasteiger partial charge in [0, 0.05) is 34.5 Å². The molecule has 2 nitrogen and oxygen atoms in total. The van der Waals surface area contributed by atoms with Crippen molar-refractivity contribution in [2.45, 2.75) is 25.9 Å². The Bertz CT molecular complexity index is 595. The Hall–Kier alpha value is -0.610. The lowest BCUT2D eigenvalue weighted by molar-refractivity contribution is 0.513. The van der Waals surface area contributed by atoms with Gasteiger partial charge in [-0.1, -0.05) is 23.2 Å². The Kier molecular flexibility index (Phi) is 3.32. The Morgan fingerprint density at radius 1 is 1.39 bits per heavy atom. The van der Waals surface area contributed by atoms with Gasteiger partial charge in [0.2, 0.25) is 0 Å². The van der Waals surface area contributed by atoms with Crippen LogP contribution in [0, 0.1) is 0 Å². The second kappa shape index (κ2) is 4.82. The molecule has 0 radical (unpaired) electrons. The number of hydrogen-bond acceptors (Lipinski definition) is 3. The number of rotatable bonds is 1. The van der Waals surface area contributed by atoms with Crippen molar-refractivity contribution in [3.05, 3.63) is 38.8 Å². The van der Waals surface area contributed by atoms with Crippen molar-refractivity contribution >= 4 is 34.5 Å². The van der Waals surface area contributed by atoms with Crippen LogP contribution < -0.4 is 5.32 Å². The van der Waals surface area contributed by atoms with E-state index >= 15 is 0 Å². The van der Waals surface area contributed by atoms with Crippen molar-refractivity contribution in [1.82, 2.24) is 10.3 Å². The summed E-state index contributed by atoms with van der Waals surface area (Å²) in [7, 11) is 0. The third kappa shape index (κ3) is 2.28. The molecule has 0 aliphatic carbocycles. The van der Waals surface area contributed by atoms with Gasteiger partial charge >= 0.3 is 0 Å². The van der Waals surface area contributed by atoms with Gasteiger partial charge in [-0.25, -0.2) is 4.98 Å². The second-order valence-electron chi connectivity index (χ2n) is 4.50. The molecule has 1 aromatic carbocycles. The highest BCUT2D eigenvalue weighted by atomic mass is 35.5. The summed E-state index contributed by atoms with van der Waals surface area (Å²) in [6.07, 6.45) is 0.983. The minimum atomic E-state index is 0.494. The summed E-state index contributed by atoms with van der Waals surface area (Å²) in [4.78, 5) is 6.03.